The molecule has 0 amide bonds. The van der Waals surface area contributed by atoms with Gasteiger partial charge in [-0.3, -0.25) is 4.79 Å². The molecule has 0 aliphatic carbocycles. The highest BCUT2D eigenvalue weighted by molar-refractivity contribution is 7.99. The number of rotatable bonds is 4. The largest absolute Gasteiger partial charge is 0.459 e. The van der Waals surface area contributed by atoms with Crippen molar-refractivity contribution in [2.24, 2.45) is 0 Å². The van der Waals surface area contributed by atoms with Gasteiger partial charge in [0.2, 0.25) is 0 Å². The third-order valence-electron chi connectivity index (χ3n) is 1.66. The van der Waals surface area contributed by atoms with E-state index >= 15 is 0 Å². The number of nitrogens with zero attached hydrogens (tertiary/aromatic N) is 1. The number of ether oxygens (including phenoxy) is 1. The van der Waals surface area contributed by atoms with Gasteiger partial charge >= 0.3 is 5.97 Å². The number of esters is 1. The first kappa shape index (κ1) is 14.3. The molecule has 0 spiro atoms. The summed E-state index contributed by atoms with van der Waals surface area (Å²) in [5.74, 6) is 0.773. The van der Waals surface area contributed by atoms with Crippen LogP contribution in [-0.2, 0) is 15.3 Å². The number of carbonyl (C=O) groups excluding carboxylic acids is 1. The molecule has 0 aromatic carbocycles. The van der Waals surface area contributed by atoms with E-state index in [0.717, 1.165) is 5.69 Å². The zero-order chi connectivity index (χ0) is 12.9. The highest BCUT2D eigenvalue weighted by Gasteiger charge is 2.15. The van der Waals surface area contributed by atoms with E-state index in [-0.39, 0.29) is 5.97 Å². The molecule has 0 aliphatic heterocycles. The van der Waals surface area contributed by atoms with E-state index in [2.05, 4.69) is 4.98 Å². The van der Waals surface area contributed by atoms with E-state index in [1.54, 1.807) is 6.07 Å². The van der Waals surface area contributed by atoms with Gasteiger partial charge in [-0.15, -0.1) is 11.8 Å². The van der Waals surface area contributed by atoms with Crippen LogP contribution < -0.4 is 0 Å². The Hall–Kier alpha value is -0.740. The Kier molecular flexibility index (Phi) is 5.28. The molecule has 0 radical (unpaired) electrons. The molecule has 1 rings (SSSR count). The zero-order valence-electron chi connectivity index (χ0n) is 10.2. The summed E-state index contributed by atoms with van der Waals surface area (Å²) in [5, 5.41) is 0.473. The van der Waals surface area contributed by atoms with Gasteiger partial charge in [0.25, 0.3) is 0 Å². The lowest BCUT2D eigenvalue weighted by Crippen LogP contribution is -2.24. The van der Waals surface area contributed by atoms with Crippen molar-refractivity contribution in [3.8, 4) is 0 Å². The molecule has 0 fully saturated rings. The fourth-order valence-electron chi connectivity index (χ4n) is 1.14. The van der Waals surface area contributed by atoms with Gasteiger partial charge in [-0.05, 0) is 32.9 Å². The summed E-state index contributed by atoms with van der Waals surface area (Å²) >= 11 is 7.23. The van der Waals surface area contributed by atoms with Crippen LogP contribution in [-0.4, -0.2) is 22.3 Å². The summed E-state index contributed by atoms with van der Waals surface area (Å²) in [7, 11) is 0. The third-order valence-corrected chi connectivity index (χ3v) is 2.81. The number of carbonyl (C=O) groups is 1. The molecule has 1 aromatic rings. The molecule has 1 heterocycles. The van der Waals surface area contributed by atoms with Gasteiger partial charge in [0, 0.05) is 5.75 Å². The quantitative estimate of drug-likeness (QED) is 0.623. The minimum Gasteiger partial charge on any atom is -0.459 e. The lowest BCUT2D eigenvalue weighted by molar-refractivity contribution is -0.151. The van der Waals surface area contributed by atoms with Crippen LogP contribution in [0.25, 0.3) is 0 Å². The fourth-order valence-corrected chi connectivity index (χ4v) is 2.02. The van der Waals surface area contributed by atoms with Gasteiger partial charge in [-0.2, -0.15) is 0 Å². The van der Waals surface area contributed by atoms with Crippen molar-refractivity contribution in [2.75, 3.05) is 5.75 Å². The normalized spacial score (nSPS) is 11.3. The summed E-state index contributed by atoms with van der Waals surface area (Å²) in [6.07, 6.45) is 0. The van der Waals surface area contributed by atoms with Gasteiger partial charge < -0.3 is 4.74 Å². The van der Waals surface area contributed by atoms with Crippen molar-refractivity contribution in [1.29, 1.82) is 0 Å². The topological polar surface area (TPSA) is 39.2 Å². The number of aromatic nitrogens is 1. The number of thioether (sulfide) groups is 1. The Morgan fingerprint density at radius 3 is 2.76 bits per heavy atom. The lowest BCUT2D eigenvalue weighted by atomic mass is 10.2. The predicted molar refractivity (Wildman–Crippen MR) is 71.3 cm³/mol. The predicted octanol–water partition coefficient (Wildman–Crippen LogP) is 3.31. The third kappa shape index (κ3) is 6.54. The van der Waals surface area contributed by atoms with Crippen LogP contribution in [0.15, 0.2) is 18.2 Å². The molecule has 0 aliphatic rings. The van der Waals surface area contributed by atoms with Crippen molar-refractivity contribution >= 4 is 29.3 Å². The summed E-state index contributed by atoms with van der Waals surface area (Å²) in [4.78, 5) is 15.6. The number of pyridine rings is 1. The first-order valence-corrected chi connectivity index (χ1v) is 6.81. The summed E-state index contributed by atoms with van der Waals surface area (Å²) < 4.78 is 5.19. The molecule has 0 saturated carbocycles. The Bertz CT molecular complexity index is 390. The summed E-state index contributed by atoms with van der Waals surface area (Å²) in [6, 6.07) is 5.45. The average Bonchev–Trinajstić information content (AvgIpc) is 2.14. The van der Waals surface area contributed by atoms with Crippen molar-refractivity contribution in [2.45, 2.75) is 32.1 Å². The second kappa shape index (κ2) is 6.26. The van der Waals surface area contributed by atoms with Crippen LogP contribution >= 0.6 is 23.4 Å². The summed E-state index contributed by atoms with van der Waals surface area (Å²) in [6.45, 7) is 5.57. The second-order valence-electron chi connectivity index (χ2n) is 4.53. The molecule has 0 atom stereocenters. The fraction of sp³-hybridized carbons (Fsp3) is 0.500. The minimum absolute atomic E-state index is 0.204. The first-order valence-electron chi connectivity index (χ1n) is 5.28. The number of halogens is 1. The SMILES string of the molecule is CC(C)(C)OC(=O)CSCc1cccc(Cl)n1. The van der Waals surface area contributed by atoms with E-state index in [9.17, 15) is 4.79 Å². The van der Waals surface area contributed by atoms with Gasteiger partial charge in [-0.25, -0.2) is 4.98 Å². The molecule has 0 bridgehead atoms. The van der Waals surface area contributed by atoms with Crippen LogP contribution in [0.5, 0.6) is 0 Å². The zero-order valence-corrected chi connectivity index (χ0v) is 11.8. The maximum atomic E-state index is 11.4. The van der Waals surface area contributed by atoms with Crippen molar-refractivity contribution in [1.82, 2.24) is 4.98 Å². The molecule has 17 heavy (non-hydrogen) atoms. The molecule has 0 unspecified atom stereocenters. The smallest absolute Gasteiger partial charge is 0.316 e. The Morgan fingerprint density at radius 1 is 1.47 bits per heavy atom. The van der Waals surface area contributed by atoms with Crippen molar-refractivity contribution < 1.29 is 9.53 Å². The van der Waals surface area contributed by atoms with Gasteiger partial charge in [0.1, 0.15) is 10.8 Å². The molecule has 0 saturated heterocycles. The van der Waals surface area contributed by atoms with Crippen LogP contribution in [0.4, 0.5) is 0 Å². The average molecular weight is 274 g/mol. The van der Waals surface area contributed by atoms with E-state index in [1.807, 2.05) is 32.9 Å². The lowest BCUT2D eigenvalue weighted by Gasteiger charge is -2.19. The first-order chi connectivity index (χ1) is 7.87. The van der Waals surface area contributed by atoms with E-state index in [1.165, 1.54) is 11.8 Å². The van der Waals surface area contributed by atoms with Crippen LogP contribution in [0.1, 0.15) is 26.5 Å². The highest BCUT2D eigenvalue weighted by Crippen LogP contribution is 2.14. The highest BCUT2D eigenvalue weighted by atomic mass is 35.5. The molecule has 5 heteroatoms. The van der Waals surface area contributed by atoms with Crippen LogP contribution in [0.3, 0.4) is 0 Å². The second-order valence-corrected chi connectivity index (χ2v) is 5.90. The number of hydrogen-bond acceptors (Lipinski definition) is 4. The Labute approximate surface area is 111 Å². The minimum atomic E-state index is -0.425. The molecular formula is C12H16ClNO2S. The Morgan fingerprint density at radius 2 is 2.18 bits per heavy atom. The Balaban J connectivity index is 2.31. The van der Waals surface area contributed by atoms with Crippen molar-refractivity contribution in [3.63, 3.8) is 0 Å². The van der Waals surface area contributed by atoms with Crippen molar-refractivity contribution in [3.05, 3.63) is 29.0 Å². The van der Waals surface area contributed by atoms with Crippen LogP contribution in [0, 0.1) is 0 Å². The maximum Gasteiger partial charge on any atom is 0.316 e. The van der Waals surface area contributed by atoms with E-state index < -0.39 is 5.60 Å². The monoisotopic (exact) mass is 273 g/mol. The molecule has 1 aromatic heterocycles. The summed E-state index contributed by atoms with van der Waals surface area (Å²) in [5.41, 5.74) is 0.442. The molecule has 3 nitrogen and oxygen atoms in total. The van der Waals surface area contributed by atoms with Gasteiger partial charge in [-0.1, -0.05) is 17.7 Å². The van der Waals surface area contributed by atoms with Gasteiger partial charge in [0.05, 0.1) is 11.4 Å². The maximum absolute atomic E-state index is 11.4. The van der Waals surface area contributed by atoms with Gasteiger partial charge in [0.15, 0.2) is 0 Å². The molecular weight excluding hydrogens is 258 g/mol. The van der Waals surface area contributed by atoms with Crippen LogP contribution in [0.2, 0.25) is 5.15 Å². The molecule has 94 valence electrons. The standard InChI is InChI=1S/C12H16ClNO2S/c1-12(2,3)16-11(15)8-17-7-9-5-4-6-10(13)14-9/h4-6H,7-8H2,1-3H3. The number of hydrogen-bond donors (Lipinski definition) is 0. The molecule has 0 N–H and O–H groups in total. The van der Waals surface area contributed by atoms with E-state index in [4.69, 9.17) is 16.3 Å². The van der Waals surface area contributed by atoms with E-state index in [0.29, 0.717) is 16.7 Å².